The van der Waals surface area contributed by atoms with Crippen LogP contribution in [-0.4, -0.2) is 18.2 Å². The van der Waals surface area contributed by atoms with Gasteiger partial charge in [-0.05, 0) is 19.1 Å². The van der Waals surface area contributed by atoms with Crippen LogP contribution in [0.2, 0.25) is 0 Å². The molecule has 0 saturated heterocycles. The summed E-state index contributed by atoms with van der Waals surface area (Å²) < 4.78 is 29.1. The second-order valence-electron chi connectivity index (χ2n) is 3.52. The van der Waals surface area contributed by atoms with E-state index in [0.717, 1.165) is 5.56 Å². The Hall–Kier alpha value is -1.47. The lowest BCUT2D eigenvalue weighted by Crippen LogP contribution is -2.14. The molecule has 0 amide bonds. The lowest BCUT2D eigenvalue weighted by Gasteiger charge is -1.98. The molecule has 0 aliphatic heterocycles. The predicted octanol–water partition coefficient (Wildman–Crippen LogP) is 1.08. The topological polar surface area (TPSA) is 64.3 Å². The van der Waals surface area contributed by atoms with Gasteiger partial charge in [-0.2, -0.15) is 13.5 Å². The van der Waals surface area contributed by atoms with Crippen molar-refractivity contribution in [3.05, 3.63) is 40.1 Å². The van der Waals surface area contributed by atoms with Crippen molar-refractivity contribution >= 4 is 21.4 Å². The number of benzene rings is 1. The van der Waals surface area contributed by atoms with Gasteiger partial charge >= 0.3 is 0 Å². The van der Waals surface area contributed by atoms with Gasteiger partial charge in [0.05, 0.1) is 4.90 Å². The molecule has 0 unspecified atom stereocenters. The molecule has 1 aromatic carbocycles. The zero-order valence-corrected chi connectivity index (χ0v) is 11.0. The van der Waals surface area contributed by atoms with E-state index < -0.39 is 10.0 Å². The molecule has 0 aliphatic carbocycles. The first-order valence-corrected chi connectivity index (χ1v) is 7.15. The van der Waals surface area contributed by atoms with Gasteiger partial charge in [0.25, 0.3) is 10.0 Å². The Labute approximate surface area is 103 Å². The Morgan fingerprint density at radius 2 is 1.94 bits per heavy atom. The fraction of sp³-hybridized carbons (Fsp3) is 0.200. The lowest BCUT2D eigenvalue weighted by atomic mass is 10.2. The highest BCUT2D eigenvalue weighted by atomic mass is 32.2. The summed E-state index contributed by atoms with van der Waals surface area (Å²) in [4.78, 5) is 0.544. The Morgan fingerprint density at radius 3 is 2.47 bits per heavy atom. The van der Waals surface area contributed by atoms with Crippen LogP contribution in [0.1, 0.15) is 5.56 Å². The van der Waals surface area contributed by atoms with Crippen LogP contribution in [-0.2, 0) is 17.1 Å². The first kappa shape index (κ1) is 12.0. The van der Waals surface area contributed by atoms with Crippen LogP contribution in [0.15, 0.2) is 39.1 Å². The van der Waals surface area contributed by atoms with Gasteiger partial charge in [-0.3, -0.25) is 0 Å². The molecule has 0 fully saturated rings. The minimum absolute atomic E-state index is 0.191. The Kier molecular flexibility index (Phi) is 3.12. The van der Waals surface area contributed by atoms with Crippen molar-refractivity contribution in [3.63, 3.8) is 0 Å². The van der Waals surface area contributed by atoms with E-state index in [4.69, 9.17) is 0 Å². The molecule has 0 N–H and O–H groups in total. The molecule has 17 heavy (non-hydrogen) atoms. The van der Waals surface area contributed by atoms with E-state index in [0.29, 0.717) is 4.80 Å². The second-order valence-corrected chi connectivity index (χ2v) is 5.94. The summed E-state index contributed by atoms with van der Waals surface area (Å²) in [5.74, 6) is 0. The first-order chi connectivity index (χ1) is 7.99. The average Bonchev–Trinajstić information content (AvgIpc) is 2.64. The molecule has 7 heteroatoms. The van der Waals surface area contributed by atoms with Crippen molar-refractivity contribution in [2.75, 3.05) is 0 Å². The molecule has 2 aromatic rings. The predicted molar refractivity (Wildman–Crippen MR) is 65.0 cm³/mol. The van der Waals surface area contributed by atoms with Gasteiger partial charge in [0.2, 0.25) is 4.80 Å². The summed E-state index contributed by atoms with van der Waals surface area (Å²) in [6, 6.07) is 6.59. The van der Waals surface area contributed by atoms with Crippen LogP contribution < -0.4 is 4.80 Å². The standard InChI is InChI=1S/C10H11N3O2S2/c1-8-3-5-9(6-4-8)17(14,15)12-10-13(2)11-7-16-10/h3-7H,1-2H3/b12-10-. The fourth-order valence-corrected chi connectivity index (χ4v) is 3.07. The van der Waals surface area contributed by atoms with Crippen molar-refractivity contribution in [2.24, 2.45) is 11.4 Å². The molecule has 5 nitrogen and oxygen atoms in total. The van der Waals surface area contributed by atoms with Crippen LogP contribution >= 0.6 is 11.3 Å². The van der Waals surface area contributed by atoms with Crippen molar-refractivity contribution in [3.8, 4) is 0 Å². The van der Waals surface area contributed by atoms with Crippen LogP contribution in [0.4, 0.5) is 0 Å². The molecular formula is C10H11N3O2S2. The van der Waals surface area contributed by atoms with Crippen molar-refractivity contribution in [1.29, 1.82) is 0 Å². The van der Waals surface area contributed by atoms with Crippen molar-refractivity contribution < 1.29 is 8.42 Å². The van der Waals surface area contributed by atoms with Crippen molar-refractivity contribution in [1.82, 2.24) is 9.78 Å². The maximum Gasteiger partial charge on any atom is 0.285 e. The van der Waals surface area contributed by atoms with E-state index in [2.05, 4.69) is 9.50 Å². The molecule has 1 heterocycles. The van der Waals surface area contributed by atoms with Crippen LogP contribution in [0.25, 0.3) is 0 Å². The van der Waals surface area contributed by atoms with E-state index in [1.807, 2.05) is 6.92 Å². The van der Waals surface area contributed by atoms with Crippen LogP contribution in [0.5, 0.6) is 0 Å². The monoisotopic (exact) mass is 269 g/mol. The largest absolute Gasteiger partial charge is 0.285 e. The number of rotatable bonds is 2. The lowest BCUT2D eigenvalue weighted by molar-refractivity contribution is 0.595. The van der Waals surface area contributed by atoms with Gasteiger partial charge in [-0.1, -0.05) is 29.0 Å². The number of sulfonamides is 1. The number of hydrogen-bond donors (Lipinski definition) is 0. The maximum absolute atomic E-state index is 12.0. The minimum atomic E-state index is -3.65. The summed E-state index contributed by atoms with van der Waals surface area (Å²) in [5, 5.41) is 3.89. The number of hydrogen-bond acceptors (Lipinski definition) is 4. The zero-order chi connectivity index (χ0) is 12.5. The molecule has 1 aromatic heterocycles. The number of aromatic nitrogens is 2. The SMILES string of the molecule is Cc1ccc(S(=O)(=O)/N=c2\scnn2C)cc1. The normalized spacial score (nSPS) is 12.9. The van der Waals surface area contributed by atoms with Crippen LogP contribution in [0.3, 0.4) is 0 Å². The highest BCUT2D eigenvalue weighted by Crippen LogP contribution is 2.12. The second kappa shape index (κ2) is 4.42. The van der Waals surface area contributed by atoms with Gasteiger partial charge in [0.15, 0.2) is 0 Å². The third-order valence-electron chi connectivity index (χ3n) is 2.17. The molecule has 0 spiro atoms. The molecule has 0 aliphatic rings. The van der Waals surface area contributed by atoms with E-state index in [9.17, 15) is 8.42 Å². The Balaban J connectivity index is 2.52. The summed E-state index contributed by atoms with van der Waals surface area (Å²) >= 11 is 1.18. The van der Waals surface area contributed by atoms with E-state index >= 15 is 0 Å². The maximum atomic E-state index is 12.0. The smallest absolute Gasteiger partial charge is 0.241 e. The number of nitrogens with zero attached hydrogens (tertiary/aromatic N) is 3. The van der Waals surface area contributed by atoms with Gasteiger partial charge in [-0.15, -0.1) is 4.40 Å². The van der Waals surface area contributed by atoms with Crippen molar-refractivity contribution in [2.45, 2.75) is 11.8 Å². The third-order valence-corrected chi connectivity index (χ3v) is 4.34. The van der Waals surface area contributed by atoms with Gasteiger partial charge in [-0.25, -0.2) is 4.68 Å². The quantitative estimate of drug-likeness (QED) is 0.819. The van der Waals surface area contributed by atoms with Gasteiger partial charge < -0.3 is 0 Å². The molecule has 0 atom stereocenters. The van der Waals surface area contributed by atoms with Gasteiger partial charge in [0, 0.05) is 7.05 Å². The highest BCUT2D eigenvalue weighted by Gasteiger charge is 2.12. The molecule has 0 saturated carbocycles. The van der Waals surface area contributed by atoms with E-state index in [1.165, 1.54) is 16.0 Å². The Morgan fingerprint density at radius 1 is 1.29 bits per heavy atom. The third kappa shape index (κ3) is 2.62. The van der Waals surface area contributed by atoms with E-state index in [-0.39, 0.29) is 4.90 Å². The number of aryl methyl sites for hydroxylation is 2. The summed E-state index contributed by atoms with van der Waals surface area (Å²) in [5.41, 5.74) is 2.55. The molecule has 0 radical (unpaired) electrons. The van der Waals surface area contributed by atoms with E-state index in [1.54, 1.807) is 36.8 Å². The highest BCUT2D eigenvalue weighted by molar-refractivity contribution is 7.90. The fourth-order valence-electron chi connectivity index (χ4n) is 1.21. The molecular weight excluding hydrogens is 258 g/mol. The zero-order valence-electron chi connectivity index (χ0n) is 9.36. The average molecular weight is 269 g/mol. The summed E-state index contributed by atoms with van der Waals surface area (Å²) in [6.07, 6.45) is 0. The summed E-state index contributed by atoms with van der Waals surface area (Å²) in [6.45, 7) is 1.90. The van der Waals surface area contributed by atoms with Gasteiger partial charge in [0.1, 0.15) is 5.51 Å². The first-order valence-electron chi connectivity index (χ1n) is 4.83. The Bertz CT molecular complexity index is 681. The molecule has 2 rings (SSSR count). The molecule has 0 bridgehead atoms. The van der Waals surface area contributed by atoms with Crippen LogP contribution in [0, 0.1) is 6.92 Å². The minimum Gasteiger partial charge on any atom is -0.241 e. The summed E-state index contributed by atoms with van der Waals surface area (Å²) in [7, 11) is -2.00. The molecule has 90 valence electrons.